The van der Waals surface area contributed by atoms with E-state index in [9.17, 15) is 0 Å². The van der Waals surface area contributed by atoms with E-state index in [0.717, 1.165) is 0 Å². The van der Waals surface area contributed by atoms with Gasteiger partial charge in [-0.3, -0.25) is 0 Å². The summed E-state index contributed by atoms with van der Waals surface area (Å²) >= 11 is 0. The molecule has 71 valence electrons. The second-order valence-corrected chi connectivity index (χ2v) is 4.35. The molecule has 0 unspecified atom stereocenters. The third-order valence-electron chi connectivity index (χ3n) is 2.55. The molecule has 0 aliphatic rings. The average Bonchev–Trinajstić information content (AvgIpc) is 2.04. The summed E-state index contributed by atoms with van der Waals surface area (Å²) in [6, 6.07) is 11.5. The third-order valence-corrected chi connectivity index (χ3v) is 2.55. The average molecular weight is 175 g/mol. The standard InChI is InChI=1S/C13H19/c1-10(2)13(11(3)4)12-8-6-5-7-9-12/h5-6,8-11,13H,1-4H3. The Labute approximate surface area is 82.0 Å². The van der Waals surface area contributed by atoms with Crippen LogP contribution in [-0.2, 0) is 0 Å². The van der Waals surface area contributed by atoms with Crippen molar-refractivity contribution < 1.29 is 0 Å². The smallest absolute Gasteiger partial charge is 0.0116 e. The van der Waals surface area contributed by atoms with Crippen LogP contribution in [-0.4, -0.2) is 0 Å². The molecule has 0 bridgehead atoms. The highest BCUT2D eigenvalue weighted by Gasteiger charge is 2.18. The van der Waals surface area contributed by atoms with Crippen molar-refractivity contribution in [3.63, 3.8) is 0 Å². The Hall–Kier alpha value is -0.780. The quantitative estimate of drug-likeness (QED) is 0.654. The predicted molar refractivity (Wildman–Crippen MR) is 57.7 cm³/mol. The predicted octanol–water partition coefficient (Wildman–Crippen LogP) is 3.88. The third kappa shape index (κ3) is 2.58. The first-order valence-corrected chi connectivity index (χ1v) is 5.09. The van der Waals surface area contributed by atoms with Gasteiger partial charge >= 0.3 is 0 Å². The monoisotopic (exact) mass is 175 g/mol. The van der Waals surface area contributed by atoms with Crippen LogP contribution in [0.5, 0.6) is 0 Å². The summed E-state index contributed by atoms with van der Waals surface area (Å²) in [5, 5.41) is 0. The van der Waals surface area contributed by atoms with Gasteiger partial charge in [0, 0.05) is 0 Å². The molecule has 0 amide bonds. The minimum absolute atomic E-state index is 0.664. The molecule has 0 heterocycles. The molecule has 0 aliphatic heterocycles. The highest BCUT2D eigenvalue weighted by molar-refractivity contribution is 5.19. The lowest BCUT2D eigenvalue weighted by Crippen LogP contribution is -2.13. The maximum absolute atomic E-state index is 3.15. The van der Waals surface area contributed by atoms with E-state index in [2.05, 4.69) is 52.0 Å². The van der Waals surface area contributed by atoms with Gasteiger partial charge in [-0.05, 0) is 29.4 Å². The zero-order valence-corrected chi connectivity index (χ0v) is 9.04. The van der Waals surface area contributed by atoms with Crippen molar-refractivity contribution in [2.24, 2.45) is 11.8 Å². The van der Waals surface area contributed by atoms with E-state index in [1.54, 1.807) is 0 Å². The molecule has 0 heteroatoms. The zero-order valence-electron chi connectivity index (χ0n) is 9.04. The summed E-state index contributed by atoms with van der Waals surface area (Å²) in [5.41, 5.74) is 1.42. The van der Waals surface area contributed by atoms with Crippen molar-refractivity contribution in [1.29, 1.82) is 0 Å². The molecule has 1 aromatic carbocycles. The van der Waals surface area contributed by atoms with Crippen molar-refractivity contribution >= 4 is 0 Å². The van der Waals surface area contributed by atoms with Crippen LogP contribution in [0.3, 0.4) is 0 Å². The molecule has 0 fully saturated rings. The van der Waals surface area contributed by atoms with Crippen molar-refractivity contribution in [3.05, 3.63) is 35.9 Å². The Morgan fingerprint density at radius 3 is 2.08 bits per heavy atom. The number of hydrogen-bond donors (Lipinski definition) is 0. The molecular weight excluding hydrogens is 156 g/mol. The minimum atomic E-state index is 0.664. The van der Waals surface area contributed by atoms with Crippen molar-refractivity contribution in [1.82, 2.24) is 0 Å². The zero-order chi connectivity index (χ0) is 9.84. The van der Waals surface area contributed by atoms with E-state index in [4.69, 9.17) is 0 Å². The number of hydrogen-bond acceptors (Lipinski definition) is 0. The SMILES string of the molecule is CC(C)C(c1c[c]ccc1)C(C)C. The molecule has 0 spiro atoms. The molecule has 0 saturated carbocycles. The summed E-state index contributed by atoms with van der Waals surface area (Å²) in [4.78, 5) is 0. The molecule has 0 saturated heterocycles. The summed E-state index contributed by atoms with van der Waals surface area (Å²) in [6.07, 6.45) is 0. The molecule has 0 nitrogen and oxygen atoms in total. The molecule has 1 radical (unpaired) electrons. The normalized spacial score (nSPS) is 11.6. The Balaban J connectivity index is 2.89. The molecule has 1 rings (SSSR count). The van der Waals surface area contributed by atoms with Crippen LogP contribution in [0.2, 0.25) is 0 Å². The number of rotatable bonds is 3. The van der Waals surface area contributed by atoms with Gasteiger partial charge < -0.3 is 0 Å². The van der Waals surface area contributed by atoms with Crippen LogP contribution >= 0.6 is 0 Å². The van der Waals surface area contributed by atoms with Gasteiger partial charge in [0.15, 0.2) is 0 Å². The number of benzene rings is 1. The fourth-order valence-electron chi connectivity index (χ4n) is 2.15. The summed E-state index contributed by atoms with van der Waals surface area (Å²) in [5.74, 6) is 2.07. The first-order valence-electron chi connectivity index (χ1n) is 5.09. The highest BCUT2D eigenvalue weighted by Crippen LogP contribution is 2.31. The van der Waals surface area contributed by atoms with Gasteiger partial charge in [-0.1, -0.05) is 52.0 Å². The van der Waals surface area contributed by atoms with Crippen LogP contribution in [0.4, 0.5) is 0 Å². The fourth-order valence-corrected chi connectivity index (χ4v) is 2.15. The molecule has 0 N–H and O–H groups in total. The second kappa shape index (κ2) is 4.45. The van der Waals surface area contributed by atoms with Gasteiger partial charge in [0.2, 0.25) is 0 Å². The van der Waals surface area contributed by atoms with Gasteiger partial charge in [-0.2, -0.15) is 0 Å². The lowest BCUT2D eigenvalue weighted by molar-refractivity contribution is 0.388. The molecule has 13 heavy (non-hydrogen) atoms. The van der Waals surface area contributed by atoms with Crippen molar-refractivity contribution in [2.75, 3.05) is 0 Å². The lowest BCUT2D eigenvalue weighted by atomic mass is 9.80. The summed E-state index contributed by atoms with van der Waals surface area (Å²) in [6.45, 7) is 9.16. The Morgan fingerprint density at radius 1 is 1.08 bits per heavy atom. The van der Waals surface area contributed by atoms with E-state index in [0.29, 0.717) is 17.8 Å². The first kappa shape index (κ1) is 10.3. The Morgan fingerprint density at radius 2 is 1.69 bits per heavy atom. The van der Waals surface area contributed by atoms with Gasteiger partial charge in [0.1, 0.15) is 0 Å². The topological polar surface area (TPSA) is 0 Å². The van der Waals surface area contributed by atoms with E-state index in [1.807, 2.05) is 6.07 Å². The van der Waals surface area contributed by atoms with E-state index < -0.39 is 0 Å². The summed E-state index contributed by atoms with van der Waals surface area (Å²) < 4.78 is 0. The van der Waals surface area contributed by atoms with Crippen molar-refractivity contribution in [3.8, 4) is 0 Å². The van der Waals surface area contributed by atoms with Crippen LogP contribution in [0.1, 0.15) is 39.2 Å². The van der Waals surface area contributed by atoms with Crippen LogP contribution in [0, 0.1) is 17.9 Å². The summed E-state index contributed by atoms with van der Waals surface area (Å²) in [7, 11) is 0. The maximum Gasteiger partial charge on any atom is -0.0116 e. The molecule has 0 atom stereocenters. The van der Waals surface area contributed by atoms with Gasteiger partial charge in [0.05, 0.1) is 0 Å². The molecule has 0 aromatic heterocycles. The minimum Gasteiger partial charge on any atom is -0.0622 e. The largest absolute Gasteiger partial charge is 0.0622 e. The Bertz CT molecular complexity index is 225. The highest BCUT2D eigenvalue weighted by atomic mass is 14.2. The molecule has 1 aromatic rings. The Kier molecular flexibility index (Phi) is 3.53. The van der Waals surface area contributed by atoms with E-state index in [1.165, 1.54) is 5.56 Å². The first-order chi connectivity index (χ1) is 6.13. The lowest BCUT2D eigenvalue weighted by Gasteiger charge is -2.25. The fraction of sp³-hybridized carbons (Fsp3) is 0.538. The van der Waals surface area contributed by atoms with Gasteiger partial charge in [-0.25, -0.2) is 0 Å². The maximum atomic E-state index is 3.15. The van der Waals surface area contributed by atoms with Gasteiger partial charge in [0.25, 0.3) is 0 Å². The van der Waals surface area contributed by atoms with Crippen molar-refractivity contribution in [2.45, 2.75) is 33.6 Å². The van der Waals surface area contributed by atoms with E-state index >= 15 is 0 Å². The second-order valence-electron chi connectivity index (χ2n) is 4.35. The van der Waals surface area contributed by atoms with E-state index in [-0.39, 0.29) is 0 Å². The van der Waals surface area contributed by atoms with Gasteiger partial charge in [-0.15, -0.1) is 0 Å². The van der Waals surface area contributed by atoms with Crippen LogP contribution < -0.4 is 0 Å². The van der Waals surface area contributed by atoms with Crippen LogP contribution in [0.25, 0.3) is 0 Å². The van der Waals surface area contributed by atoms with Crippen LogP contribution in [0.15, 0.2) is 24.3 Å². The molecule has 0 aliphatic carbocycles. The molecular formula is C13H19.